The third-order valence-corrected chi connectivity index (χ3v) is 4.90. The highest BCUT2D eigenvalue weighted by atomic mass is 32.2. The van der Waals surface area contributed by atoms with Gasteiger partial charge >= 0.3 is 12.0 Å². The second-order valence-electron chi connectivity index (χ2n) is 5.33. The Morgan fingerprint density at radius 2 is 1.89 bits per heavy atom. The lowest BCUT2D eigenvalue weighted by Gasteiger charge is -2.28. The number of carbonyl (C=O) groups is 2. The van der Waals surface area contributed by atoms with Gasteiger partial charge in [-0.15, -0.1) is 0 Å². The van der Waals surface area contributed by atoms with Crippen LogP contribution in [0.4, 0.5) is 4.79 Å². The SMILES string of the molecule is CSC1(CNC(=O)NC(C)(C)C(=O)O)CCCC1. The fourth-order valence-electron chi connectivity index (χ4n) is 2.10. The Morgan fingerprint density at radius 3 is 2.33 bits per heavy atom. The zero-order chi connectivity index (χ0) is 13.8. The van der Waals surface area contributed by atoms with Crippen molar-refractivity contribution in [3.05, 3.63) is 0 Å². The van der Waals surface area contributed by atoms with Gasteiger partial charge in [0, 0.05) is 11.3 Å². The number of carboxylic acid groups (broad SMARTS) is 1. The van der Waals surface area contributed by atoms with Crippen molar-refractivity contribution in [1.29, 1.82) is 0 Å². The monoisotopic (exact) mass is 274 g/mol. The fourth-order valence-corrected chi connectivity index (χ4v) is 3.01. The lowest BCUT2D eigenvalue weighted by atomic mass is 10.1. The minimum atomic E-state index is -1.24. The largest absolute Gasteiger partial charge is 0.480 e. The first-order valence-corrected chi connectivity index (χ1v) is 7.38. The van der Waals surface area contributed by atoms with Crippen LogP contribution in [0.3, 0.4) is 0 Å². The Hall–Kier alpha value is -0.910. The maximum atomic E-state index is 11.7. The van der Waals surface area contributed by atoms with E-state index in [0.29, 0.717) is 6.54 Å². The third kappa shape index (κ3) is 3.80. The molecule has 1 rings (SSSR count). The molecule has 0 spiro atoms. The van der Waals surface area contributed by atoms with Crippen LogP contribution >= 0.6 is 11.8 Å². The summed E-state index contributed by atoms with van der Waals surface area (Å²) in [6.07, 6.45) is 6.68. The third-order valence-electron chi connectivity index (χ3n) is 3.48. The van der Waals surface area contributed by atoms with Crippen LogP contribution in [0.25, 0.3) is 0 Å². The van der Waals surface area contributed by atoms with Crippen LogP contribution in [0.5, 0.6) is 0 Å². The van der Waals surface area contributed by atoms with Gasteiger partial charge in [0.25, 0.3) is 0 Å². The summed E-state index contributed by atoms with van der Waals surface area (Å²) in [5, 5.41) is 14.2. The van der Waals surface area contributed by atoms with Crippen molar-refractivity contribution >= 4 is 23.8 Å². The van der Waals surface area contributed by atoms with E-state index in [0.717, 1.165) is 12.8 Å². The molecule has 2 amide bonds. The molecule has 1 aliphatic carbocycles. The zero-order valence-corrected chi connectivity index (χ0v) is 12.0. The van der Waals surface area contributed by atoms with Crippen LogP contribution < -0.4 is 10.6 Å². The number of carbonyl (C=O) groups excluding carboxylic acids is 1. The first-order valence-electron chi connectivity index (χ1n) is 6.16. The molecule has 0 aromatic rings. The molecule has 3 N–H and O–H groups in total. The van der Waals surface area contributed by atoms with Gasteiger partial charge in [-0.3, -0.25) is 0 Å². The Bertz CT molecular complexity index is 325. The first-order chi connectivity index (χ1) is 8.31. The minimum absolute atomic E-state index is 0.130. The average Bonchev–Trinajstić information content (AvgIpc) is 2.75. The highest BCUT2D eigenvalue weighted by Gasteiger charge is 2.34. The summed E-state index contributed by atoms with van der Waals surface area (Å²) in [4.78, 5) is 22.6. The summed E-state index contributed by atoms with van der Waals surface area (Å²) >= 11 is 1.79. The lowest BCUT2D eigenvalue weighted by molar-refractivity contribution is -0.142. The molecule has 18 heavy (non-hydrogen) atoms. The maximum Gasteiger partial charge on any atom is 0.328 e. The number of thioether (sulfide) groups is 1. The van der Waals surface area contributed by atoms with Gasteiger partial charge in [0.2, 0.25) is 0 Å². The average molecular weight is 274 g/mol. The summed E-state index contributed by atoms with van der Waals surface area (Å²) in [5.41, 5.74) is -1.24. The van der Waals surface area contributed by atoms with Gasteiger partial charge in [-0.1, -0.05) is 12.8 Å². The number of rotatable bonds is 5. The fraction of sp³-hybridized carbons (Fsp3) is 0.833. The highest BCUT2D eigenvalue weighted by Crippen LogP contribution is 2.39. The van der Waals surface area contributed by atoms with Crippen molar-refractivity contribution < 1.29 is 14.7 Å². The molecule has 6 heteroatoms. The van der Waals surface area contributed by atoms with E-state index in [2.05, 4.69) is 16.9 Å². The molecule has 1 aliphatic rings. The van der Waals surface area contributed by atoms with E-state index in [1.165, 1.54) is 26.7 Å². The smallest absolute Gasteiger partial charge is 0.328 e. The molecule has 0 saturated heterocycles. The van der Waals surface area contributed by atoms with Crippen LogP contribution in [0, 0.1) is 0 Å². The van der Waals surface area contributed by atoms with Crippen LogP contribution in [0.1, 0.15) is 39.5 Å². The van der Waals surface area contributed by atoms with Crippen molar-refractivity contribution in [3.8, 4) is 0 Å². The molecule has 1 saturated carbocycles. The van der Waals surface area contributed by atoms with Crippen LogP contribution in [0.2, 0.25) is 0 Å². The lowest BCUT2D eigenvalue weighted by Crippen LogP contribution is -2.54. The summed E-state index contributed by atoms with van der Waals surface area (Å²) in [7, 11) is 0. The summed E-state index contributed by atoms with van der Waals surface area (Å²) in [6, 6.07) is -0.414. The standard InChI is InChI=1S/C12H22N2O3S/c1-11(2,9(15)16)14-10(17)13-8-12(18-3)6-4-5-7-12/h4-8H2,1-3H3,(H,15,16)(H2,13,14,17). The summed E-state index contributed by atoms with van der Waals surface area (Å²) in [5.74, 6) is -1.04. The quantitative estimate of drug-likeness (QED) is 0.714. The Kier molecular flexibility index (Phi) is 4.90. The van der Waals surface area contributed by atoms with Crippen molar-refractivity contribution in [2.75, 3.05) is 12.8 Å². The van der Waals surface area contributed by atoms with Gasteiger partial charge in [-0.2, -0.15) is 11.8 Å². The summed E-state index contributed by atoms with van der Waals surface area (Å²) in [6.45, 7) is 3.53. The zero-order valence-electron chi connectivity index (χ0n) is 11.2. The van der Waals surface area contributed by atoms with E-state index in [-0.39, 0.29) is 4.75 Å². The number of amides is 2. The first kappa shape index (κ1) is 15.1. The molecular formula is C12H22N2O3S. The molecule has 0 bridgehead atoms. The van der Waals surface area contributed by atoms with E-state index in [1.54, 1.807) is 11.8 Å². The number of urea groups is 1. The van der Waals surface area contributed by atoms with Gasteiger partial charge in [0.15, 0.2) is 0 Å². The molecular weight excluding hydrogens is 252 g/mol. The molecule has 0 aromatic heterocycles. The molecule has 104 valence electrons. The minimum Gasteiger partial charge on any atom is -0.480 e. The predicted molar refractivity (Wildman–Crippen MR) is 73.0 cm³/mol. The Labute approximate surface area is 112 Å². The number of hydrogen-bond acceptors (Lipinski definition) is 3. The topological polar surface area (TPSA) is 78.4 Å². The normalized spacial score (nSPS) is 18.4. The van der Waals surface area contributed by atoms with Crippen molar-refractivity contribution in [2.45, 2.75) is 49.8 Å². The maximum absolute atomic E-state index is 11.7. The highest BCUT2D eigenvalue weighted by molar-refractivity contribution is 8.00. The number of hydrogen-bond donors (Lipinski definition) is 3. The van der Waals surface area contributed by atoms with Gasteiger partial charge in [-0.05, 0) is 32.9 Å². The van der Waals surface area contributed by atoms with Gasteiger partial charge in [0.1, 0.15) is 5.54 Å². The van der Waals surface area contributed by atoms with Gasteiger partial charge < -0.3 is 15.7 Å². The molecule has 0 atom stereocenters. The van der Waals surface area contributed by atoms with E-state index < -0.39 is 17.5 Å². The van der Waals surface area contributed by atoms with Gasteiger partial charge in [-0.25, -0.2) is 9.59 Å². The van der Waals surface area contributed by atoms with Gasteiger partial charge in [0.05, 0.1) is 0 Å². The molecule has 0 aliphatic heterocycles. The van der Waals surface area contributed by atoms with Crippen LogP contribution in [0.15, 0.2) is 0 Å². The van der Waals surface area contributed by atoms with Crippen molar-refractivity contribution in [1.82, 2.24) is 10.6 Å². The molecule has 1 fully saturated rings. The molecule has 5 nitrogen and oxygen atoms in total. The predicted octanol–water partition coefficient (Wildman–Crippen LogP) is 1.82. The second kappa shape index (κ2) is 5.82. The Morgan fingerprint density at radius 1 is 1.33 bits per heavy atom. The number of carboxylic acids is 1. The summed E-state index contributed by atoms with van der Waals surface area (Å²) < 4.78 is 0.130. The molecule has 0 unspecified atom stereocenters. The van der Waals surface area contributed by atoms with E-state index in [1.807, 2.05) is 0 Å². The van der Waals surface area contributed by atoms with Crippen LogP contribution in [-0.2, 0) is 4.79 Å². The van der Waals surface area contributed by atoms with E-state index in [9.17, 15) is 9.59 Å². The van der Waals surface area contributed by atoms with Crippen molar-refractivity contribution in [2.24, 2.45) is 0 Å². The molecule has 0 heterocycles. The van der Waals surface area contributed by atoms with E-state index >= 15 is 0 Å². The molecule has 0 aromatic carbocycles. The van der Waals surface area contributed by atoms with Crippen LogP contribution in [-0.4, -0.2) is 40.2 Å². The number of nitrogens with one attached hydrogen (secondary N) is 2. The van der Waals surface area contributed by atoms with Crippen molar-refractivity contribution in [3.63, 3.8) is 0 Å². The number of aliphatic carboxylic acids is 1. The Balaban J connectivity index is 2.44. The molecule has 0 radical (unpaired) electrons. The van der Waals surface area contributed by atoms with E-state index in [4.69, 9.17) is 5.11 Å². The second-order valence-corrected chi connectivity index (χ2v) is 6.61.